The lowest BCUT2D eigenvalue weighted by Crippen LogP contribution is -2.03. The van der Waals surface area contributed by atoms with E-state index in [9.17, 15) is 10.5 Å². The van der Waals surface area contributed by atoms with Gasteiger partial charge in [0.25, 0.3) is 0 Å². The van der Waals surface area contributed by atoms with Crippen LogP contribution >= 0.6 is 11.8 Å². The average molecular weight is 490 g/mol. The van der Waals surface area contributed by atoms with Gasteiger partial charge in [0.2, 0.25) is 0 Å². The molecule has 0 saturated carbocycles. The molecule has 3 heterocycles. The molecule has 5 aromatic rings. The molecule has 8 nitrogen and oxygen atoms in total. The molecule has 5 rings (SSSR count). The van der Waals surface area contributed by atoms with E-state index in [1.807, 2.05) is 61.7 Å². The van der Waals surface area contributed by atoms with Crippen molar-refractivity contribution in [3.63, 3.8) is 0 Å². The number of nitriles is 2. The van der Waals surface area contributed by atoms with Crippen LogP contribution in [0.3, 0.4) is 0 Å². The molecule has 0 fully saturated rings. The second-order valence-electron chi connectivity index (χ2n) is 7.83. The summed E-state index contributed by atoms with van der Waals surface area (Å²) in [5, 5.41) is 28.4. The average Bonchev–Trinajstić information content (AvgIpc) is 3.25. The van der Waals surface area contributed by atoms with Gasteiger partial charge in [-0.05, 0) is 55.6 Å². The van der Waals surface area contributed by atoms with E-state index in [0.717, 1.165) is 16.8 Å². The lowest BCUT2D eigenvalue weighted by molar-refractivity contribution is 0.482. The Kier molecular flexibility index (Phi) is 6.23. The summed E-state index contributed by atoms with van der Waals surface area (Å²) in [6.45, 7) is 1.99. The highest BCUT2D eigenvalue weighted by molar-refractivity contribution is 7.98. The fourth-order valence-electron chi connectivity index (χ4n) is 3.81. The molecule has 0 aliphatic carbocycles. The number of anilines is 2. The maximum atomic E-state index is 10.0. The number of hydrogen-bond acceptors (Lipinski definition) is 8. The summed E-state index contributed by atoms with van der Waals surface area (Å²) < 4.78 is 7.40. The van der Waals surface area contributed by atoms with Gasteiger partial charge in [-0.25, -0.2) is 9.50 Å². The molecule has 174 valence electrons. The number of nitrogens with one attached hydrogen (secondary N) is 1. The van der Waals surface area contributed by atoms with E-state index in [-0.39, 0.29) is 0 Å². The van der Waals surface area contributed by atoms with Crippen LogP contribution in [0, 0.1) is 29.6 Å². The van der Waals surface area contributed by atoms with Gasteiger partial charge in [-0.3, -0.25) is 4.98 Å². The van der Waals surface area contributed by atoms with E-state index in [2.05, 4.69) is 32.5 Å². The number of ether oxygens (including phenoxy) is 1. The number of aryl methyl sites for hydroxylation is 1. The molecule has 0 atom stereocenters. The third kappa shape index (κ3) is 4.31. The summed E-state index contributed by atoms with van der Waals surface area (Å²) >= 11 is 1.36. The molecule has 0 spiro atoms. The Morgan fingerprint density at radius 1 is 0.944 bits per heavy atom. The second-order valence-corrected chi connectivity index (χ2v) is 8.63. The van der Waals surface area contributed by atoms with Crippen LogP contribution in [0.4, 0.5) is 11.5 Å². The molecule has 2 aromatic carbocycles. The lowest BCUT2D eigenvalue weighted by atomic mass is 10.1. The van der Waals surface area contributed by atoms with Crippen molar-refractivity contribution >= 4 is 28.9 Å². The minimum Gasteiger partial charge on any atom is -0.457 e. The molecule has 0 radical (unpaired) electrons. The van der Waals surface area contributed by atoms with Crippen LogP contribution in [-0.2, 0) is 0 Å². The van der Waals surface area contributed by atoms with Crippen molar-refractivity contribution in [2.75, 3.05) is 11.6 Å². The van der Waals surface area contributed by atoms with Gasteiger partial charge in [0.1, 0.15) is 39.8 Å². The summed E-state index contributed by atoms with van der Waals surface area (Å²) in [6, 6.07) is 23.2. The fraction of sp³-hybridized carbons (Fsp3) is 0.0741. The molecule has 9 heteroatoms. The SMILES string of the molecule is CSc1nc2c(C#N)c(Nc3ccc(Oc4ccncc4)cc3)nn2c(-c2cccc(C)c2)c1C#N. The molecular weight excluding hydrogens is 470 g/mol. The third-order valence-electron chi connectivity index (χ3n) is 5.44. The molecule has 3 aromatic heterocycles. The van der Waals surface area contributed by atoms with Crippen molar-refractivity contribution in [1.29, 1.82) is 10.5 Å². The lowest BCUT2D eigenvalue weighted by Gasteiger charge is -2.11. The monoisotopic (exact) mass is 489 g/mol. The first kappa shape index (κ1) is 22.9. The van der Waals surface area contributed by atoms with Crippen molar-refractivity contribution in [3.8, 4) is 34.9 Å². The van der Waals surface area contributed by atoms with E-state index >= 15 is 0 Å². The first-order valence-corrected chi connectivity index (χ1v) is 12.2. The van der Waals surface area contributed by atoms with Gasteiger partial charge in [0, 0.05) is 23.6 Å². The molecule has 0 aliphatic heterocycles. The predicted octanol–water partition coefficient (Wildman–Crippen LogP) is 6.10. The number of pyridine rings is 1. The Morgan fingerprint density at radius 3 is 2.33 bits per heavy atom. The molecule has 0 unspecified atom stereocenters. The number of fused-ring (bicyclic) bond motifs is 1. The summed E-state index contributed by atoms with van der Waals surface area (Å²) in [6.07, 6.45) is 5.19. The zero-order valence-electron chi connectivity index (χ0n) is 19.4. The predicted molar refractivity (Wildman–Crippen MR) is 138 cm³/mol. The van der Waals surface area contributed by atoms with E-state index < -0.39 is 0 Å². The first-order valence-electron chi connectivity index (χ1n) is 10.9. The number of rotatable bonds is 6. The topological polar surface area (TPSA) is 112 Å². The van der Waals surface area contributed by atoms with Crippen molar-refractivity contribution in [2.45, 2.75) is 11.9 Å². The van der Waals surface area contributed by atoms with Crippen molar-refractivity contribution in [2.24, 2.45) is 0 Å². The number of nitrogens with zero attached hydrogens (tertiary/aromatic N) is 6. The zero-order chi connectivity index (χ0) is 25.1. The Morgan fingerprint density at radius 2 is 1.67 bits per heavy atom. The third-order valence-corrected chi connectivity index (χ3v) is 6.12. The summed E-state index contributed by atoms with van der Waals surface area (Å²) in [5.41, 5.74) is 4.29. The highest BCUT2D eigenvalue weighted by Gasteiger charge is 2.23. The van der Waals surface area contributed by atoms with Crippen LogP contribution in [-0.4, -0.2) is 25.8 Å². The summed E-state index contributed by atoms with van der Waals surface area (Å²) in [5.74, 6) is 1.70. The van der Waals surface area contributed by atoms with Crippen LogP contribution in [0.15, 0.2) is 78.1 Å². The highest BCUT2D eigenvalue weighted by Crippen LogP contribution is 2.34. The largest absolute Gasteiger partial charge is 0.457 e. The highest BCUT2D eigenvalue weighted by atomic mass is 32.2. The van der Waals surface area contributed by atoms with Gasteiger partial charge in [-0.2, -0.15) is 10.5 Å². The summed E-state index contributed by atoms with van der Waals surface area (Å²) in [4.78, 5) is 8.60. The smallest absolute Gasteiger partial charge is 0.177 e. The number of hydrogen-bond donors (Lipinski definition) is 1. The maximum Gasteiger partial charge on any atom is 0.177 e. The van der Waals surface area contributed by atoms with Gasteiger partial charge < -0.3 is 10.1 Å². The zero-order valence-corrected chi connectivity index (χ0v) is 20.2. The molecular formula is C27H19N7OS. The summed E-state index contributed by atoms with van der Waals surface area (Å²) in [7, 11) is 0. The van der Waals surface area contributed by atoms with Crippen molar-refractivity contribution < 1.29 is 4.74 Å². The van der Waals surface area contributed by atoms with Crippen LogP contribution in [0.2, 0.25) is 0 Å². The van der Waals surface area contributed by atoms with Crippen LogP contribution in [0.5, 0.6) is 11.5 Å². The van der Waals surface area contributed by atoms with E-state index in [0.29, 0.717) is 44.8 Å². The number of benzene rings is 2. The van der Waals surface area contributed by atoms with Crippen LogP contribution in [0.1, 0.15) is 16.7 Å². The minimum absolute atomic E-state index is 0.292. The Labute approximate surface area is 211 Å². The van der Waals surface area contributed by atoms with E-state index in [4.69, 9.17) is 4.74 Å². The first-order chi connectivity index (χ1) is 17.6. The molecule has 0 aliphatic rings. The number of thioether (sulfide) groups is 1. The molecule has 36 heavy (non-hydrogen) atoms. The standard InChI is InChI=1S/C27H19N7OS/c1-17-4-3-5-18(14-17)24-22(15-28)27(36-2)32-26-23(16-29)25(33-34(24)26)31-19-6-8-20(9-7-19)35-21-10-12-30-13-11-21/h3-14H,1-2H3,(H,31,33). The maximum absolute atomic E-state index is 10.0. The Balaban J connectivity index is 1.58. The minimum atomic E-state index is 0.292. The Hall–Kier alpha value is -4.86. The molecule has 0 bridgehead atoms. The quantitative estimate of drug-likeness (QED) is 0.225. The van der Waals surface area contributed by atoms with Gasteiger partial charge >= 0.3 is 0 Å². The van der Waals surface area contributed by atoms with E-state index in [1.165, 1.54) is 11.8 Å². The molecule has 1 N–H and O–H groups in total. The van der Waals surface area contributed by atoms with Crippen LogP contribution < -0.4 is 10.1 Å². The van der Waals surface area contributed by atoms with Crippen molar-refractivity contribution in [1.82, 2.24) is 19.6 Å². The van der Waals surface area contributed by atoms with Gasteiger partial charge in [0.15, 0.2) is 11.5 Å². The van der Waals surface area contributed by atoms with Gasteiger partial charge in [-0.1, -0.05) is 23.8 Å². The van der Waals surface area contributed by atoms with Crippen LogP contribution in [0.25, 0.3) is 16.9 Å². The Bertz CT molecular complexity index is 1650. The molecule has 0 saturated heterocycles. The number of aromatic nitrogens is 4. The fourth-order valence-corrected chi connectivity index (χ4v) is 4.34. The molecule has 0 amide bonds. The second kappa shape index (κ2) is 9.79. The van der Waals surface area contributed by atoms with E-state index in [1.54, 1.807) is 29.0 Å². The van der Waals surface area contributed by atoms with Gasteiger partial charge in [-0.15, -0.1) is 16.9 Å². The normalized spacial score (nSPS) is 10.6. The van der Waals surface area contributed by atoms with Gasteiger partial charge in [0.05, 0.1) is 5.69 Å². The van der Waals surface area contributed by atoms with Crippen molar-refractivity contribution in [3.05, 3.63) is 89.7 Å².